The highest BCUT2D eigenvalue weighted by molar-refractivity contribution is 6.12. The van der Waals surface area contributed by atoms with Gasteiger partial charge in [0.2, 0.25) is 0 Å². The molecule has 1 aliphatic carbocycles. The number of hydrogen-bond acceptors (Lipinski definition) is 4. The van der Waals surface area contributed by atoms with Crippen LogP contribution in [0.3, 0.4) is 0 Å². The van der Waals surface area contributed by atoms with Crippen molar-refractivity contribution in [3.05, 3.63) is 11.1 Å². The predicted molar refractivity (Wildman–Crippen MR) is 46.1 cm³/mol. The van der Waals surface area contributed by atoms with Crippen LogP contribution in [0, 0.1) is 5.92 Å². The van der Waals surface area contributed by atoms with Crippen LogP contribution < -0.4 is 0 Å². The summed E-state index contributed by atoms with van der Waals surface area (Å²) >= 11 is 0. The van der Waals surface area contributed by atoms with E-state index in [-0.39, 0.29) is 11.7 Å². The fraction of sp³-hybridized carbons (Fsp3) is 0.500. The molecular weight excluding hydrogens is 184 g/mol. The minimum Gasteiger partial charge on any atom is -0.386 e. The molecule has 2 aliphatic rings. The highest BCUT2D eigenvalue weighted by Gasteiger charge is 2.38. The van der Waals surface area contributed by atoms with Gasteiger partial charge in [-0.25, -0.2) is 9.59 Å². The minimum absolute atomic E-state index is 0.0729. The van der Waals surface area contributed by atoms with Gasteiger partial charge in [0, 0.05) is 17.1 Å². The normalized spacial score (nSPS) is 26.2. The van der Waals surface area contributed by atoms with Crippen molar-refractivity contribution in [2.45, 2.75) is 26.2 Å². The van der Waals surface area contributed by atoms with Gasteiger partial charge in [-0.05, 0) is 26.2 Å². The van der Waals surface area contributed by atoms with Crippen molar-refractivity contribution in [3.63, 3.8) is 0 Å². The Labute approximate surface area is 80.9 Å². The van der Waals surface area contributed by atoms with Crippen molar-refractivity contribution in [1.29, 1.82) is 0 Å². The fourth-order valence-electron chi connectivity index (χ4n) is 1.93. The lowest BCUT2D eigenvalue weighted by Crippen LogP contribution is -2.18. The second-order valence-electron chi connectivity index (χ2n) is 3.68. The molecule has 0 bridgehead atoms. The molecule has 0 aromatic heterocycles. The molecule has 0 N–H and O–H groups in total. The topological polar surface area (TPSA) is 60.4 Å². The van der Waals surface area contributed by atoms with E-state index < -0.39 is 11.9 Å². The molecule has 0 aromatic carbocycles. The Morgan fingerprint density at radius 3 is 2.57 bits per heavy atom. The number of cyclic esters (lactones) is 2. The van der Waals surface area contributed by atoms with Gasteiger partial charge in [0.1, 0.15) is 5.78 Å². The summed E-state index contributed by atoms with van der Waals surface area (Å²) in [6, 6.07) is 0. The number of carbonyl (C=O) groups excluding carboxylic acids is 3. The Bertz CT molecular complexity index is 364. The third kappa shape index (κ3) is 1.27. The summed E-state index contributed by atoms with van der Waals surface area (Å²) in [5.74, 6) is -1.13. The van der Waals surface area contributed by atoms with Crippen LogP contribution >= 0.6 is 0 Å². The van der Waals surface area contributed by atoms with Gasteiger partial charge in [0.15, 0.2) is 0 Å². The van der Waals surface area contributed by atoms with Gasteiger partial charge < -0.3 is 4.74 Å². The largest absolute Gasteiger partial charge is 0.386 e. The van der Waals surface area contributed by atoms with Crippen LogP contribution in [0.15, 0.2) is 11.1 Å². The summed E-state index contributed by atoms with van der Waals surface area (Å²) in [5.41, 5.74) is 0.897. The highest BCUT2D eigenvalue weighted by Crippen LogP contribution is 2.34. The standard InChI is InChI=1S/C10H10O4/c1-5(11)6-2-3-7-8(4-6)10(13)14-9(7)12/h6H,2-4H2,1H3. The van der Waals surface area contributed by atoms with Crippen LogP contribution in [0.4, 0.5) is 0 Å². The number of hydrogen-bond donors (Lipinski definition) is 0. The molecule has 0 saturated heterocycles. The monoisotopic (exact) mass is 194 g/mol. The maximum absolute atomic E-state index is 11.2. The molecular formula is C10H10O4. The maximum atomic E-state index is 11.2. The zero-order valence-electron chi connectivity index (χ0n) is 7.83. The zero-order chi connectivity index (χ0) is 10.3. The van der Waals surface area contributed by atoms with Crippen molar-refractivity contribution in [2.75, 3.05) is 0 Å². The number of Topliss-reactive ketones (excluding diaryl/α,β-unsaturated/α-hetero) is 1. The Balaban J connectivity index is 2.27. The predicted octanol–water partition coefficient (Wildman–Crippen LogP) is 0.755. The lowest BCUT2D eigenvalue weighted by Gasteiger charge is -2.17. The van der Waals surface area contributed by atoms with Crippen LogP contribution in [0.25, 0.3) is 0 Å². The first-order valence-corrected chi connectivity index (χ1v) is 4.58. The SMILES string of the molecule is CC(=O)C1CCC2=C(C1)C(=O)OC2=O. The van der Waals surface area contributed by atoms with Crippen molar-refractivity contribution >= 4 is 17.7 Å². The van der Waals surface area contributed by atoms with Crippen LogP contribution in [0.1, 0.15) is 26.2 Å². The summed E-state index contributed by atoms with van der Waals surface area (Å²) in [5, 5.41) is 0. The summed E-state index contributed by atoms with van der Waals surface area (Å²) in [6.45, 7) is 1.51. The molecule has 4 nitrogen and oxygen atoms in total. The Hall–Kier alpha value is -1.45. The summed E-state index contributed by atoms with van der Waals surface area (Å²) < 4.78 is 4.47. The lowest BCUT2D eigenvalue weighted by molar-refractivity contribution is -0.151. The van der Waals surface area contributed by atoms with Crippen LogP contribution in [-0.2, 0) is 19.1 Å². The fourth-order valence-corrected chi connectivity index (χ4v) is 1.93. The molecule has 74 valence electrons. The number of ketones is 1. The van der Waals surface area contributed by atoms with Crippen molar-refractivity contribution in [2.24, 2.45) is 5.92 Å². The number of rotatable bonds is 1. The molecule has 0 aromatic rings. The Morgan fingerprint density at radius 1 is 1.29 bits per heavy atom. The molecule has 1 aliphatic heterocycles. The van der Waals surface area contributed by atoms with E-state index in [1.54, 1.807) is 0 Å². The van der Waals surface area contributed by atoms with Gasteiger partial charge in [0.25, 0.3) is 0 Å². The van der Waals surface area contributed by atoms with Gasteiger partial charge in [-0.3, -0.25) is 4.79 Å². The molecule has 0 amide bonds. The molecule has 0 spiro atoms. The Kier molecular flexibility index (Phi) is 1.98. The third-order valence-electron chi connectivity index (χ3n) is 2.81. The van der Waals surface area contributed by atoms with Crippen LogP contribution in [0.5, 0.6) is 0 Å². The number of ether oxygens (including phenoxy) is 1. The van der Waals surface area contributed by atoms with E-state index in [0.717, 1.165) is 0 Å². The van der Waals surface area contributed by atoms with Gasteiger partial charge in [-0.2, -0.15) is 0 Å². The first-order chi connectivity index (χ1) is 6.59. The smallest absolute Gasteiger partial charge is 0.342 e. The number of carbonyl (C=O) groups is 3. The zero-order valence-corrected chi connectivity index (χ0v) is 7.83. The molecule has 0 radical (unpaired) electrons. The van der Waals surface area contributed by atoms with E-state index in [0.29, 0.717) is 30.4 Å². The highest BCUT2D eigenvalue weighted by atomic mass is 16.6. The molecule has 0 saturated carbocycles. The van der Waals surface area contributed by atoms with E-state index in [1.807, 2.05) is 0 Å². The average Bonchev–Trinajstić information content (AvgIpc) is 2.42. The van der Waals surface area contributed by atoms with Gasteiger partial charge >= 0.3 is 11.9 Å². The number of esters is 2. The van der Waals surface area contributed by atoms with Crippen LogP contribution in [-0.4, -0.2) is 17.7 Å². The summed E-state index contributed by atoms with van der Waals surface area (Å²) in [4.78, 5) is 33.4. The van der Waals surface area contributed by atoms with Gasteiger partial charge in [-0.15, -0.1) is 0 Å². The van der Waals surface area contributed by atoms with Crippen LogP contribution in [0.2, 0.25) is 0 Å². The quantitative estimate of drug-likeness (QED) is 0.456. The molecule has 2 rings (SSSR count). The average molecular weight is 194 g/mol. The molecule has 0 fully saturated rings. The van der Waals surface area contributed by atoms with Gasteiger partial charge in [0.05, 0.1) is 0 Å². The molecule has 1 atom stereocenters. The van der Waals surface area contributed by atoms with E-state index in [4.69, 9.17) is 0 Å². The minimum atomic E-state index is -0.559. The second kappa shape index (κ2) is 3.04. The van der Waals surface area contributed by atoms with Gasteiger partial charge in [-0.1, -0.05) is 0 Å². The maximum Gasteiger partial charge on any atom is 0.342 e. The van der Waals surface area contributed by atoms with Crippen molar-refractivity contribution in [3.8, 4) is 0 Å². The van der Waals surface area contributed by atoms with Crippen molar-refractivity contribution < 1.29 is 19.1 Å². The molecule has 4 heteroatoms. The first kappa shape index (κ1) is 9.12. The van der Waals surface area contributed by atoms with Crippen molar-refractivity contribution in [1.82, 2.24) is 0 Å². The summed E-state index contributed by atoms with van der Waals surface area (Å²) in [7, 11) is 0. The van der Waals surface area contributed by atoms with E-state index in [9.17, 15) is 14.4 Å². The van der Waals surface area contributed by atoms with E-state index in [2.05, 4.69) is 4.74 Å². The third-order valence-corrected chi connectivity index (χ3v) is 2.81. The lowest BCUT2D eigenvalue weighted by atomic mass is 9.83. The molecule has 1 heterocycles. The second-order valence-corrected chi connectivity index (χ2v) is 3.68. The Morgan fingerprint density at radius 2 is 1.93 bits per heavy atom. The molecule has 14 heavy (non-hydrogen) atoms. The summed E-state index contributed by atoms with van der Waals surface area (Å²) in [6.07, 6.45) is 1.51. The first-order valence-electron chi connectivity index (χ1n) is 4.58. The van der Waals surface area contributed by atoms with E-state index >= 15 is 0 Å². The van der Waals surface area contributed by atoms with E-state index in [1.165, 1.54) is 6.92 Å². The molecule has 1 unspecified atom stereocenters.